The summed E-state index contributed by atoms with van der Waals surface area (Å²) in [7, 11) is 0. The van der Waals surface area contributed by atoms with Crippen LogP contribution in [0, 0.1) is 17.2 Å². The fraction of sp³-hybridized carbons (Fsp3) is 0.300. The van der Waals surface area contributed by atoms with Crippen molar-refractivity contribution in [2.45, 2.75) is 12.8 Å². The lowest BCUT2D eigenvalue weighted by molar-refractivity contribution is 0.218. The van der Waals surface area contributed by atoms with Crippen LogP contribution >= 0.6 is 0 Å². The summed E-state index contributed by atoms with van der Waals surface area (Å²) < 4.78 is 6.04. The van der Waals surface area contributed by atoms with Crippen LogP contribution in [-0.4, -0.2) is 45.0 Å². The molecular formula is C20H21N7O2. The van der Waals surface area contributed by atoms with Crippen LogP contribution in [0.4, 0.5) is 11.6 Å². The van der Waals surface area contributed by atoms with Crippen molar-refractivity contribution >= 4 is 11.6 Å². The Hall–Kier alpha value is -3.64. The molecule has 1 aliphatic heterocycles. The van der Waals surface area contributed by atoms with Crippen LogP contribution in [0.15, 0.2) is 36.7 Å². The van der Waals surface area contributed by atoms with Crippen molar-refractivity contribution in [1.29, 1.82) is 5.26 Å². The lowest BCUT2D eigenvalue weighted by Gasteiger charge is -2.23. The highest BCUT2D eigenvalue weighted by Crippen LogP contribution is 2.38. The third-order valence-corrected chi connectivity index (χ3v) is 4.75. The molecule has 2 aromatic heterocycles. The second-order valence-electron chi connectivity index (χ2n) is 6.86. The Bertz CT molecular complexity index is 1000. The molecule has 0 spiro atoms. The summed E-state index contributed by atoms with van der Waals surface area (Å²) in [5, 5.41) is 32.7. The predicted octanol–water partition coefficient (Wildman–Crippen LogP) is 2.57. The lowest BCUT2D eigenvalue weighted by Crippen LogP contribution is -2.33. The topological polar surface area (TPSA) is 132 Å². The predicted molar refractivity (Wildman–Crippen MR) is 107 cm³/mol. The van der Waals surface area contributed by atoms with Crippen LogP contribution in [0.5, 0.6) is 11.5 Å². The van der Waals surface area contributed by atoms with E-state index in [0.29, 0.717) is 41.2 Å². The second-order valence-corrected chi connectivity index (χ2v) is 6.86. The third kappa shape index (κ3) is 4.44. The first-order valence-electron chi connectivity index (χ1n) is 9.43. The number of nitrogens with zero attached hydrogens (tertiary/aromatic N) is 4. The maximum absolute atomic E-state index is 10.4. The molecule has 1 saturated heterocycles. The van der Waals surface area contributed by atoms with Crippen LogP contribution in [-0.2, 0) is 0 Å². The largest absolute Gasteiger partial charge is 0.507 e. The van der Waals surface area contributed by atoms with Gasteiger partial charge in [0.1, 0.15) is 23.4 Å². The maximum atomic E-state index is 10.4. The van der Waals surface area contributed by atoms with Crippen LogP contribution in [0.1, 0.15) is 18.5 Å². The molecule has 9 nitrogen and oxygen atoms in total. The molecule has 3 aromatic rings. The van der Waals surface area contributed by atoms with E-state index in [0.717, 1.165) is 25.9 Å². The van der Waals surface area contributed by atoms with Crippen molar-refractivity contribution < 1.29 is 9.84 Å². The van der Waals surface area contributed by atoms with E-state index >= 15 is 0 Å². The van der Waals surface area contributed by atoms with E-state index < -0.39 is 0 Å². The first-order valence-corrected chi connectivity index (χ1v) is 9.43. The van der Waals surface area contributed by atoms with Gasteiger partial charge in [0, 0.05) is 18.5 Å². The van der Waals surface area contributed by atoms with Crippen molar-refractivity contribution in [3.8, 4) is 28.8 Å². The lowest BCUT2D eigenvalue weighted by atomic mass is 10.0. The Morgan fingerprint density at radius 3 is 2.97 bits per heavy atom. The molecule has 1 fully saturated rings. The van der Waals surface area contributed by atoms with E-state index in [1.807, 2.05) is 12.1 Å². The van der Waals surface area contributed by atoms with Crippen LogP contribution < -0.4 is 15.4 Å². The number of phenols is 1. The van der Waals surface area contributed by atoms with Crippen LogP contribution in [0.2, 0.25) is 0 Å². The molecular weight excluding hydrogens is 370 g/mol. The molecule has 0 radical (unpaired) electrons. The Balaban J connectivity index is 1.51. The van der Waals surface area contributed by atoms with E-state index in [-0.39, 0.29) is 11.4 Å². The molecule has 9 heteroatoms. The summed E-state index contributed by atoms with van der Waals surface area (Å²) in [6.07, 6.45) is 5.12. The van der Waals surface area contributed by atoms with Gasteiger partial charge in [-0.1, -0.05) is 6.07 Å². The third-order valence-electron chi connectivity index (χ3n) is 4.75. The summed E-state index contributed by atoms with van der Waals surface area (Å²) in [5.41, 5.74) is 1.41. The van der Waals surface area contributed by atoms with Gasteiger partial charge in [0.15, 0.2) is 11.5 Å². The van der Waals surface area contributed by atoms with Crippen LogP contribution in [0.25, 0.3) is 11.3 Å². The first-order chi connectivity index (χ1) is 14.2. The number of nitrogens with one attached hydrogen (secondary N) is 3. The highest BCUT2D eigenvalue weighted by molar-refractivity contribution is 5.76. The number of aromatic nitrogens is 4. The highest BCUT2D eigenvalue weighted by atomic mass is 16.5. The summed E-state index contributed by atoms with van der Waals surface area (Å²) >= 11 is 0. The molecule has 0 bridgehead atoms. The average molecular weight is 391 g/mol. The molecule has 4 N–H and O–H groups in total. The molecule has 0 aliphatic carbocycles. The number of H-pyrrole nitrogens is 1. The number of phenolic OH excluding ortho intramolecular Hbond substituents is 1. The normalized spacial score (nSPS) is 16.2. The summed E-state index contributed by atoms with van der Waals surface area (Å²) in [6.45, 7) is 2.59. The number of benzene rings is 1. The van der Waals surface area contributed by atoms with E-state index in [1.54, 1.807) is 18.2 Å². The number of anilines is 2. The molecule has 1 aliphatic rings. The summed E-state index contributed by atoms with van der Waals surface area (Å²) in [5.74, 6) is 2.12. The Morgan fingerprint density at radius 2 is 2.21 bits per heavy atom. The van der Waals surface area contributed by atoms with Gasteiger partial charge >= 0.3 is 0 Å². The van der Waals surface area contributed by atoms with E-state index in [2.05, 4.69) is 30.8 Å². The molecule has 3 heterocycles. The molecule has 0 saturated carbocycles. The van der Waals surface area contributed by atoms with Gasteiger partial charge in [-0.15, -0.1) is 0 Å². The van der Waals surface area contributed by atoms with Gasteiger partial charge in [-0.05, 0) is 31.5 Å². The Morgan fingerprint density at radius 1 is 1.28 bits per heavy atom. The van der Waals surface area contributed by atoms with Crippen molar-refractivity contribution in [2.75, 3.05) is 25.0 Å². The fourth-order valence-corrected chi connectivity index (χ4v) is 3.28. The minimum absolute atomic E-state index is 0.109. The number of ether oxygens (including phenoxy) is 1. The zero-order valence-corrected chi connectivity index (χ0v) is 15.7. The van der Waals surface area contributed by atoms with Crippen molar-refractivity contribution in [1.82, 2.24) is 25.5 Å². The van der Waals surface area contributed by atoms with E-state index in [4.69, 9.17) is 10.00 Å². The number of aromatic hydroxyl groups is 1. The number of hydrogen-bond acceptors (Lipinski definition) is 8. The maximum Gasteiger partial charge on any atom is 0.158 e. The summed E-state index contributed by atoms with van der Waals surface area (Å²) in [4.78, 5) is 8.08. The zero-order valence-electron chi connectivity index (χ0n) is 15.7. The first kappa shape index (κ1) is 18.7. The van der Waals surface area contributed by atoms with Gasteiger partial charge in [0.05, 0.1) is 30.3 Å². The van der Waals surface area contributed by atoms with Crippen molar-refractivity contribution in [2.24, 2.45) is 5.92 Å². The van der Waals surface area contributed by atoms with Gasteiger partial charge in [-0.2, -0.15) is 10.4 Å². The molecule has 4 rings (SSSR count). The number of nitriles is 1. The smallest absolute Gasteiger partial charge is 0.158 e. The summed E-state index contributed by atoms with van der Waals surface area (Å²) in [6, 6.07) is 8.89. The van der Waals surface area contributed by atoms with Crippen LogP contribution in [0.3, 0.4) is 0 Å². The SMILES string of the molecule is N#Cc1cnc(Nc2cc(-c3c(O)cccc3OCC3CCCNC3)[nH]n2)cn1. The molecule has 148 valence electrons. The minimum atomic E-state index is 0.109. The van der Waals surface area contributed by atoms with E-state index in [9.17, 15) is 5.11 Å². The van der Waals surface area contributed by atoms with E-state index in [1.165, 1.54) is 12.4 Å². The van der Waals surface area contributed by atoms with Gasteiger partial charge in [-0.3, -0.25) is 5.10 Å². The molecule has 1 atom stereocenters. The van der Waals surface area contributed by atoms with Gasteiger partial charge in [0.25, 0.3) is 0 Å². The zero-order chi connectivity index (χ0) is 20.1. The number of hydrogen-bond donors (Lipinski definition) is 4. The second kappa shape index (κ2) is 8.58. The Labute approximate surface area is 167 Å². The number of rotatable bonds is 6. The molecule has 1 unspecified atom stereocenters. The number of aromatic amines is 1. The number of piperidine rings is 1. The quantitative estimate of drug-likeness (QED) is 0.504. The standard InChI is InChI=1S/C20H21N7O2/c21-8-14-10-24-19(11-23-14)25-18-7-15(26-27-18)20-16(28)4-1-5-17(20)29-12-13-3-2-6-22-9-13/h1,4-5,7,10-11,13,22,28H,2-3,6,9,12H2,(H2,24,25,26,27). The van der Waals surface area contributed by atoms with Gasteiger partial charge in [-0.25, -0.2) is 9.97 Å². The van der Waals surface area contributed by atoms with Crippen molar-refractivity contribution in [3.05, 3.63) is 42.4 Å². The Kier molecular flexibility index (Phi) is 5.54. The van der Waals surface area contributed by atoms with Crippen molar-refractivity contribution in [3.63, 3.8) is 0 Å². The average Bonchev–Trinajstić information content (AvgIpc) is 3.21. The minimum Gasteiger partial charge on any atom is -0.507 e. The molecule has 29 heavy (non-hydrogen) atoms. The highest BCUT2D eigenvalue weighted by Gasteiger charge is 2.18. The fourth-order valence-electron chi connectivity index (χ4n) is 3.28. The molecule has 1 aromatic carbocycles. The van der Waals surface area contributed by atoms with Gasteiger partial charge in [0.2, 0.25) is 0 Å². The van der Waals surface area contributed by atoms with Gasteiger partial charge < -0.3 is 20.5 Å². The molecule has 0 amide bonds. The monoisotopic (exact) mass is 391 g/mol.